The topological polar surface area (TPSA) is 82.7 Å². The number of hydrogen-bond acceptors (Lipinski definition) is 4. The summed E-state index contributed by atoms with van der Waals surface area (Å²) >= 11 is 0. The molecule has 1 saturated heterocycles. The van der Waals surface area contributed by atoms with Gasteiger partial charge in [0.1, 0.15) is 0 Å². The van der Waals surface area contributed by atoms with Gasteiger partial charge in [0, 0.05) is 44.0 Å². The molecule has 1 aliphatic heterocycles. The molecule has 2 rings (SSSR count). The van der Waals surface area contributed by atoms with Crippen molar-refractivity contribution in [2.75, 3.05) is 51.3 Å². The van der Waals surface area contributed by atoms with Crippen molar-refractivity contribution in [1.29, 1.82) is 0 Å². The van der Waals surface area contributed by atoms with Gasteiger partial charge in [-0.2, -0.15) is 0 Å². The Kier molecular flexibility index (Phi) is 7.69. The highest BCUT2D eigenvalue weighted by Crippen LogP contribution is 2.09. The lowest BCUT2D eigenvalue weighted by atomic mass is 10.1. The van der Waals surface area contributed by atoms with Crippen LogP contribution in [0.4, 0.5) is 10.5 Å². The van der Waals surface area contributed by atoms with Gasteiger partial charge in [-0.3, -0.25) is 9.69 Å². The van der Waals surface area contributed by atoms with Crippen LogP contribution in [-0.2, 0) is 4.74 Å². The van der Waals surface area contributed by atoms with Gasteiger partial charge in [0.05, 0.1) is 13.2 Å². The number of ether oxygens (including phenoxy) is 1. The zero-order chi connectivity index (χ0) is 18.1. The molecule has 0 bridgehead atoms. The molecule has 1 aromatic rings. The van der Waals surface area contributed by atoms with Crippen molar-refractivity contribution in [3.05, 3.63) is 29.8 Å². The lowest BCUT2D eigenvalue weighted by Crippen LogP contribution is -2.42. The molecule has 0 atom stereocenters. The maximum Gasteiger partial charge on any atom is 0.319 e. The molecule has 1 heterocycles. The molecule has 0 unspecified atom stereocenters. The number of amides is 3. The number of nitrogens with one attached hydrogen (secondary N) is 3. The fraction of sp³-hybridized carbons (Fsp3) is 0.556. The summed E-state index contributed by atoms with van der Waals surface area (Å²) in [6.45, 7) is 9.45. The first-order valence-corrected chi connectivity index (χ1v) is 8.78. The van der Waals surface area contributed by atoms with Crippen molar-refractivity contribution in [3.8, 4) is 0 Å². The number of hydrogen-bond donors (Lipinski definition) is 3. The average molecular weight is 348 g/mol. The van der Waals surface area contributed by atoms with Crippen LogP contribution >= 0.6 is 0 Å². The molecule has 3 N–H and O–H groups in total. The normalized spacial score (nSPS) is 15.0. The summed E-state index contributed by atoms with van der Waals surface area (Å²) in [6.07, 6.45) is 0. The van der Waals surface area contributed by atoms with E-state index in [0.717, 1.165) is 32.8 Å². The van der Waals surface area contributed by atoms with E-state index in [1.165, 1.54) is 0 Å². The predicted molar refractivity (Wildman–Crippen MR) is 97.9 cm³/mol. The van der Waals surface area contributed by atoms with Crippen molar-refractivity contribution in [1.82, 2.24) is 15.5 Å². The quantitative estimate of drug-likeness (QED) is 0.698. The predicted octanol–water partition coefficient (Wildman–Crippen LogP) is 1.53. The highest BCUT2D eigenvalue weighted by atomic mass is 16.5. The minimum Gasteiger partial charge on any atom is -0.379 e. The van der Waals surface area contributed by atoms with Gasteiger partial charge in [0.2, 0.25) is 0 Å². The van der Waals surface area contributed by atoms with Gasteiger partial charge >= 0.3 is 6.03 Å². The van der Waals surface area contributed by atoms with Crippen LogP contribution in [0.3, 0.4) is 0 Å². The number of benzene rings is 1. The van der Waals surface area contributed by atoms with Crippen LogP contribution in [-0.4, -0.2) is 62.8 Å². The van der Waals surface area contributed by atoms with Crippen molar-refractivity contribution in [2.24, 2.45) is 5.92 Å². The van der Waals surface area contributed by atoms with Crippen LogP contribution in [0.2, 0.25) is 0 Å². The summed E-state index contributed by atoms with van der Waals surface area (Å²) in [4.78, 5) is 26.1. The minimum atomic E-state index is -0.245. The molecule has 25 heavy (non-hydrogen) atoms. The lowest BCUT2D eigenvalue weighted by Gasteiger charge is -2.26. The largest absolute Gasteiger partial charge is 0.379 e. The van der Waals surface area contributed by atoms with E-state index in [1.54, 1.807) is 24.3 Å². The molecule has 138 valence electrons. The fourth-order valence-electron chi connectivity index (χ4n) is 2.43. The van der Waals surface area contributed by atoms with E-state index in [0.29, 0.717) is 30.3 Å². The highest BCUT2D eigenvalue weighted by Gasteiger charge is 2.10. The zero-order valence-corrected chi connectivity index (χ0v) is 15.0. The number of morpholine rings is 1. The van der Waals surface area contributed by atoms with Crippen LogP contribution in [0, 0.1) is 5.92 Å². The molecule has 0 aliphatic carbocycles. The van der Waals surface area contributed by atoms with Gasteiger partial charge in [0.15, 0.2) is 0 Å². The van der Waals surface area contributed by atoms with Crippen molar-refractivity contribution < 1.29 is 14.3 Å². The van der Waals surface area contributed by atoms with Crippen LogP contribution in [0.5, 0.6) is 0 Å². The molecule has 0 spiro atoms. The Hall–Kier alpha value is -2.12. The van der Waals surface area contributed by atoms with Crippen molar-refractivity contribution >= 4 is 17.6 Å². The maximum atomic E-state index is 11.9. The highest BCUT2D eigenvalue weighted by molar-refractivity contribution is 5.95. The van der Waals surface area contributed by atoms with Gasteiger partial charge in [-0.05, 0) is 30.2 Å². The molecule has 1 aromatic carbocycles. The van der Waals surface area contributed by atoms with Gasteiger partial charge < -0.3 is 20.7 Å². The minimum absolute atomic E-state index is 0.102. The van der Waals surface area contributed by atoms with Crippen LogP contribution in [0.1, 0.15) is 24.2 Å². The zero-order valence-electron chi connectivity index (χ0n) is 15.0. The van der Waals surface area contributed by atoms with Crippen LogP contribution in [0.15, 0.2) is 24.3 Å². The second-order valence-electron chi connectivity index (χ2n) is 6.52. The summed E-state index contributed by atoms with van der Waals surface area (Å²) in [5, 5.41) is 8.47. The van der Waals surface area contributed by atoms with E-state index in [4.69, 9.17) is 4.74 Å². The monoisotopic (exact) mass is 348 g/mol. The molecule has 7 nitrogen and oxygen atoms in total. The Morgan fingerprint density at radius 2 is 1.80 bits per heavy atom. The first-order chi connectivity index (χ1) is 12.0. The molecule has 1 aliphatic rings. The number of urea groups is 1. The summed E-state index contributed by atoms with van der Waals surface area (Å²) in [7, 11) is 0. The second kappa shape index (κ2) is 10.0. The third-order valence-corrected chi connectivity index (χ3v) is 3.89. The van der Waals surface area contributed by atoms with Crippen molar-refractivity contribution in [2.45, 2.75) is 13.8 Å². The van der Waals surface area contributed by atoms with E-state index in [-0.39, 0.29) is 11.9 Å². The molecule has 3 amide bonds. The van der Waals surface area contributed by atoms with E-state index in [2.05, 4.69) is 20.9 Å². The van der Waals surface area contributed by atoms with Crippen molar-refractivity contribution in [3.63, 3.8) is 0 Å². The molecular formula is C18H28N4O3. The standard InChI is InChI=1S/C18H28N4O3/c1-14(2)13-20-17(23)15-3-5-16(6-4-15)21-18(24)19-7-8-22-9-11-25-12-10-22/h3-6,14H,7-13H2,1-2H3,(H,20,23)(H2,19,21,24). The summed E-state index contributed by atoms with van der Waals surface area (Å²) < 4.78 is 5.29. The van der Waals surface area contributed by atoms with Gasteiger partial charge in [-0.25, -0.2) is 4.79 Å². The van der Waals surface area contributed by atoms with Gasteiger partial charge in [0.25, 0.3) is 5.91 Å². The van der Waals surface area contributed by atoms with E-state index in [9.17, 15) is 9.59 Å². The van der Waals surface area contributed by atoms with E-state index in [1.807, 2.05) is 13.8 Å². The molecule has 7 heteroatoms. The maximum absolute atomic E-state index is 11.9. The number of nitrogens with zero attached hydrogens (tertiary/aromatic N) is 1. The Labute approximate surface area is 149 Å². The first-order valence-electron chi connectivity index (χ1n) is 8.78. The summed E-state index contributed by atoms with van der Waals surface area (Å²) in [6, 6.07) is 6.63. The number of rotatable bonds is 7. The van der Waals surface area contributed by atoms with E-state index < -0.39 is 0 Å². The molecule has 1 fully saturated rings. The molecular weight excluding hydrogens is 320 g/mol. The lowest BCUT2D eigenvalue weighted by molar-refractivity contribution is 0.0388. The molecule has 0 radical (unpaired) electrons. The number of anilines is 1. The second-order valence-corrected chi connectivity index (χ2v) is 6.52. The van der Waals surface area contributed by atoms with Crippen LogP contribution < -0.4 is 16.0 Å². The van der Waals surface area contributed by atoms with Gasteiger partial charge in [-0.15, -0.1) is 0 Å². The SMILES string of the molecule is CC(C)CNC(=O)c1ccc(NC(=O)NCCN2CCOCC2)cc1. The molecule has 0 saturated carbocycles. The Balaban J connectivity index is 1.70. The first kappa shape index (κ1) is 19.2. The fourth-order valence-corrected chi connectivity index (χ4v) is 2.43. The van der Waals surface area contributed by atoms with Crippen LogP contribution in [0.25, 0.3) is 0 Å². The third-order valence-electron chi connectivity index (χ3n) is 3.89. The van der Waals surface area contributed by atoms with E-state index >= 15 is 0 Å². The Morgan fingerprint density at radius 3 is 2.44 bits per heavy atom. The number of carbonyl (C=O) groups is 2. The smallest absolute Gasteiger partial charge is 0.319 e. The Morgan fingerprint density at radius 1 is 1.12 bits per heavy atom. The summed E-state index contributed by atoms with van der Waals surface area (Å²) in [5.41, 5.74) is 1.24. The third kappa shape index (κ3) is 7.11. The molecule has 0 aromatic heterocycles. The number of carbonyl (C=O) groups excluding carboxylic acids is 2. The summed E-state index contributed by atoms with van der Waals surface area (Å²) in [5.74, 6) is 0.307. The average Bonchev–Trinajstić information content (AvgIpc) is 2.61. The van der Waals surface area contributed by atoms with Gasteiger partial charge in [-0.1, -0.05) is 13.8 Å². The Bertz CT molecular complexity index is 554.